The van der Waals surface area contributed by atoms with Crippen LogP contribution < -0.4 is 4.90 Å². The van der Waals surface area contributed by atoms with Crippen LogP contribution in [0.1, 0.15) is 16.8 Å². The molecule has 1 saturated heterocycles. The van der Waals surface area contributed by atoms with Crippen LogP contribution in [0.2, 0.25) is 0 Å². The molecule has 0 radical (unpaired) electrons. The van der Waals surface area contributed by atoms with E-state index in [1.807, 2.05) is 24.3 Å². The molecule has 72 valence electrons. The van der Waals surface area contributed by atoms with Crippen LogP contribution in [-0.4, -0.2) is 25.2 Å². The third kappa shape index (κ3) is 0.990. The van der Waals surface area contributed by atoms with Gasteiger partial charge in [-0.2, -0.15) is 0 Å². The number of Topliss-reactive ketones (excluding diaryl/α,β-unsaturated/α-hetero) is 1. The number of ketones is 1. The first-order chi connectivity index (χ1) is 6.86. The molecule has 0 bridgehead atoms. The van der Waals surface area contributed by atoms with Gasteiger partial charge in [0.2, 0.25) is 0 Å². The Labute approximate surface area is 82.3 Å². The second-order valence-electron chi connectivity index (χ2n) is 3.77. The molecule has 0 aromatic heterocycles. The number of hydrogen-bond acceptors (Lipinski definition) is 3. The van der Waals surface area contributed by atoms with Gasteiger partial charge in [0.25, 0.3) is 0 Å². The summed E-state index contributed by atoms with van der Waals surface area (Å²) in [5.74, 6) is 0.243. The van der Waals surface area contributed by atoms with Crippen LogP contribution in [-0.2, 0) is 4.74 Å². The van der Waals surface area contributed by atoms with Crippen molar-refractivity contribution in [3.63, 3.8) is 0 Å². The second-order valence-corrected chi connectivity index (χ2v) is 3.77. The lowest BCUT2D eigenvalue weighted by Gasteiger charge is -2.30. The van der Waals surface area contributed by atoms with Crippen LogP contribution >= 0.6 is 0 Å². The van der Waals surface area contributed by atoms with E-state index in [0.717, 1.165) is 11.3 Å². The van der Waals surface area contributed by atoms with Crippen LogP contribution in [0.4, 0.5) is 5.69 Å². The van der Waals surface area contributed by atoms with E-state index in [0.29, 0.717) is 19.8 Å². The minimum atomic E-state index is 0.243. The zero-order valence-corrected chi connectivity index (χ0v) is 7.77. The fraction of sp³-hybridized carbons (Fsp3) is 0.364. The average molecular weight is 189 g/mol. The maximum atomic E-state index is 11.7. The normalized spacial score (nSPS) is 24.7. The highest BCUT2D eigenvalue weighted by Gasteiger charge is 2.34. The summed E-state index contributed by atoms with van der Waals surface area (Å²) >= 11 is 0. The number of hydrogen-bond donors (Lipinski definition) is 0. The molecule has 1 fully saturated rings. The summed E-state index contributed by atoms with van der Waals surface area (Å²) in [6.45, 7) is 1.30. The Hall–Kier alpha value is -1.35. The topological polar surface area (TPSA) is 29.5 Å². The van der Waals surface area contributed by atoms with E-state index in [9.17, 15) is 4.79 Å². The Morgan fingerprint density at radius 2 is 2.21 bits per heavy atom. The molecule has 2 aliphatic heterocycles. The van der Waals surface area contributed by atoms with E-state index in [1.54, 1.807) is 0 Å². The highest BCUT2D eigenvalue weighted by Crippen LogP contribution is 2.32. The molecule has 1 aromatic carbocycles. The van der Waals surface area contributed by atoms with Crippen molar-refractivity contribution in [2.24, 2.45) is 0 Å². The van der Waals surface area contributed by atoms with E-state index in [1.165, 1.54) is 0 Å². The summed E-state index contributed by atoms with van der Waals surface area (Å²) in [6, 6.07) is 8.03. The monoisotopic (exact) mass is 189 g/mol. The molecule has 0 spiro atoms. The lowest BCUT2D eigenvalue weighted by Crippen LogP contribution is -2.37. The molecule has 0 amide bonds. The van der Waals surface area contributed by atoms with Gasteiger partial charge in [0, 0.05) is 17.7 Å². The average Bonchev–Trinajstić information content (AvgIpc) is 2.66. The number of para-hydroxylation sites is 1. The molecule has 1 unspecified atom stereocenters. The summed E-state index contributed by atoms with van der Waals surface area (Å²) in [4.78, 5) is 13.9. The summed E-state index contributed by atoms with van der Waals surface area (Å²) in [6.07, 6.45) is 0.594. The van der Waals surface area contributed by atoms with Gasteiger partial charge in [-0.15, -0.1) is 0 Å². The van der Waals surface area contributed by atoms with Crippen molar-refractivity contribution in [1.29, 1.82) is 0 Å². The number of anilines is 1. The molecule has 2 heterocycles. The van der Waals surface area contributed by atoms with Crippen molar-refractivity contribution >= 4 is 11.5 Å². The van der Waals surface area contributed by atoms with Gasteiger partial charge < -0.3 is 9.64 Å². The van der Waals surface area contributed by atoms with Crippen molar-refractivity contribution in [2.75, 3.05) is 18.2 Å². The first kappa shape index (κ1) is 8.00. The van der Waals surface area contributed by atoms with E-state index < -0.39 is 0 Å². The molecule has 1 aromatic rings. The lowest BCUT2D eigenvalue weighted by atomic mass is 9.96. The van der Waals surface area contributed by atoms with Gasteiger partial charge in [0.05, 0.1) is 12.6 Å². The SMILES string of the molecule is O=C1CC2COCN2c2ccccc21. The Morgan fingerprint density at radius 3 is 3.14 bits per heavy atom. The summed E-state index contributed by atoms with van der Waals surface area (Å²) in [5.41, 5.74) is 1.88. The largest absolute Gasteiger partial charge is 0.359 e. The predicted octanol–water partition coefficient (Wildman–Crippen LogP) is 1.44. The first-order valence-corrected chi connectivity index (χ1v) is 4.83. The molecule has 1 atom stereocenters. The van der Waals surface area contributed by atoms with Crippen LogP contribution in [0.25, 0.3) is 0 Å². The van der Waals surface area contributed by atoms with Crippen molar-refractivity contribution in [3.05, 3.63) is 29.8 Å². The smallest absolute Gasteiger partial charge is 0.167 e. The highest BCUT2D eigenvalue weighted by atomic mass is 16.5. The van der Waals surface area contributed by atoms with Gasteiger partial charge in [0.1, 0.15) is 6.73 Å². The zero-order valence-electron chi connectivity index (χ0n) is 7.77. The van der Waals surface area contributed by atoms with Gasteiger partial charge in [-0.1, -0.05) is 12.1 Å². The molecule has 3 rings (SSSR count). The molecule has 0 N–H and O–H groups in total. The van der Waals surface area contributed by atoms with Crippen molar-refractivity contribution in [3.8, 4) is 0 Å². The molecule has 0 saturated carbocycles. The number of carbonyl (C=O) groups is 1. The Morgan fingerprint density at radius 1 is 1.36 bits per heavy atom. The molecule has 0 aliphatic carbocycles. The van der Waals surface area contributed by atoms with Crippen molar-refractivity contribution < 1.29 is 9.53 Å². The maximum absolute atomic E-state index is 11.7. The molecule has 3 heteroatoms. The standard InChI is InChI=1S/C11H11NO2/c13-11-5-8-6-14-7-12(8)10-4-2-1-3-9(10)11/h1-4,8H,5-7H2. The van der Waals surface area contributed by atoms with E-state index in [4.69, 9.17) is 4.74 Å². The van der Waals surface area contributed by atoms with E-state index in [2.05, 4.69) is 4.90 Å². The maximum Gasteiger partial charge on any atom is 0.167 e. The van der Waals surface area contributed by atoms with E-state index >= 15 is 0 Å². The summed E-state index contributed by atoms with van der Waals surface area (Å²) < 4.78 is 5.37. The number of fused-ring (bicyclic) bond motifs is 3. The van der Waals surface area contributed by atoms with Gasteiger partial charge in [-0.05, 0) is 12.1 Å². The van der Waals surface area contributed by atoms with Gasteiger partial charge >= 0.3 is 0 Å². The highest BCUT2D eigenvalue weighted by molar-refractivity contribution is 6.03. The molecular formula is C11H11NO2. The number of benzene rings is 1. The van der Waals surface area contributed by atoms with Gasteiger partial charge in [0.15, 0.2) is 5.78 Å². The van der Waals surface area contributed by atoms with Crippen LogP contribution in [0, 0.1) is 0 Å². The Bertz CT molecular complexity index is 389. The van der Waals surface area contributed by atoms with Crippen LogP contribution in [0.3, 0.4) is 0 Å². The number of ether oxygens (including phenoxy) is 1. The van der Waals surface area contributed by atoms with Crippen LogP contribution in [0.5, 0.6) is 0 Å². The van der Waals surface area contributed by atoms with Crippen molar-refractivity contribution in [2.45, 2.75) is 12.5 Å². The Kier molecular flexibility index (Phi) is 1.61. The lowest BCUT2D eigenvalue weighted by molar-refractivity contribution is 0.0965. The molecule has 14 heavy (non-hydrogen) atoms. The third-order valence-electron chi connectivity index (χ3n) is 2.92. The van der Waals surface area contributed by atoms with Crippen molar-refractivity contribution in [1.82, 2.24) is 0 Å². The fourth-order valence-electron chi connectivity index (χ4n) is 2.20. The van der Waals surface area contributed by atoms with Gasteiger partial charge in [-0.25, -0.2) is 0 Å². The Balaban J connectivity index is 2.13. The molecule has 3 nitrogen and oxygen atoms in total. The number of rotatable bonds is 0. The predicted molar refractivity (Wildman–Crippen MR) is 52.5 cm³/mol. The zero-order chi connectivity index (χ0) is 9.54. The number of nitrogens with zero attached hydrogens (tertiary/aromatic N) is 1. The van der Waals surface area contributed by atoms with Crippen LogP contribution in [0.15, 0.2) is 24.3 Å². The number of carbonyl (C=O) groups excluding carboxylic acids is 1. The second kappa shape index (κ2) is 2.82. The van der Waals surface area contributed by atoms with Gasteiger partial charge in [-0.3, -0.25) is 4.79 Å². The quantitative estimate of drug-likeness (QED) is 0.618. The molecule has 2 aliphatic rings. The van der Waals surface area contributed by atoms with E-state index in [-0.39, 0.29) is 11.8 Å². The summed E-state index contributed by atoms with van der Waals surface area (Å²) in [7, 11) is 0. The fourth-order valence-corrected chi connectivity index (χ4v) is 2.20. The minimum Gasteiger partial charge on any atom is -0.359 e. The third-order valence-corrected chi connectivity index (χ3v) is 2.92. The minimum absolute atomic E-state index is 0.243. The first-order valence-electron chi connectivity index (χ1n) is 4.83. The summed E-state index contributed by atoms with van der Waals surface area (Å²) in [5, 5.41) is 0. The molecular weight excluding hydrogens is 178 g/mol.